The molecule has 0 radical (unpaired) electrons. The number of hydrogen-bond acceptors (Lipinski definition) is 2. The SMILES string of the molecule is NC(=O)Nc1cccc(CC2CCCCC2)c1Cc1cccs1. The van der Waals surface area contributed by atoms with Crippen molar-refractivity contribution in [2.75, 3.05) is 5.32 Å². The Morgan fingerprint density at radius 2 is 2.00 bits per heavy atom. The molecule has 1 aliphatic carbocycles. The van der Waals surface area contributed by atoms with Gasteiger partial charge in [0.1, 0.15) is 0 Å². The third kappa shape index (κ3) is 4.35. The predicted molar refractivity (Wildman–Crippen MR) is 97.1 cm³/mol. The van der Waals surface area contributed by atoms with Crippen LogP contribution >= 0.6 is 11.3 Å². The van der Waals surface area contributed by atoms with Crippen LogP contribution in [0.25, 0.3) is 0 Å². The van der Waals surface area contributed by atoms with Crippen LogP contribution in [0.5, 0.6) is 0 Å². The highest BCUT2D eigenvalue weighted by Crippen LogP contribution is 2.31. The van der Waals surface area contributed by atoms with Crippen LogP contribution < -0.4 is 11.1 Å². The largest absolute Gasteiger partial charge is 0.351 e. The highest BCUT2D eigenvalue weighted by molar-refractivity contribution is 7.09. The van der Waals surface area contributed by atoms with Crippen LogP contribution in [-0.2, 0) is 12.8 Å². The van der Waals surface area contributed by atoms with Gasteiger partial charge in [0.2, 0.25) is 0 Å². The number of anilines is 1. The van der Waals surface area contributed by atoms with Crippen LogP contribution in [0, 0.1) is 5.92 Å². The summed E-state index contributed by atoms with van der Waals surface area (Å²) in [5.41, 5.74) is 8.79. The second-order valence-electron chi connectivity index (χ2n) is 6.40. The van der Waals surface area contributed by atoms with Gasteiger partial charge in [-0.2, -0.15) is 0 Å². The van der Waals surface area contributed by atoms with Crippen molar-refractivity contribution in [2.45, 2.75) is 44.9 Å². The van der Waals surface area contributed by atoms with Gasteiger partial charge in [-0.05, 0) is 41.0 Å². The van der Waals surface area contributed by atoms with Crippen LogP contribution in [0.4, 0.5) is 10.5 Å². The molecule has 1 aromatic heterocycles. The van der Waals surface area contributed by atoms with Gasteiger partial charge in [-0.3, -0.25) is 0 Å². The van der Waals surface area contributed by atoms with E-state index >= 15 is 0 Å². The summed E-state index contributed by atoms with van der Waals surface area (Å²) in [5.74, 6) is 0.773. The highest BCUT2D eigenvalue weighted by Gasteiger charge is 2.18. The number of nitrogens with two attached hydrogens (primary N) is 1. The van der Waals surface area contributed by atoms with Crippen molar-refractivity contribution in [3.63, 3.8) is 0 Å². The van der Waals surface area contributed by atoms with Gasteiger partial charge in [0.25, 0.3) is 0 Å². The molecule has 3 N–H and O–H groups in total. The molecule has 0 atom stereocenters. The zero-order valence-corrected chi connectivity index (χ0v) is 14.2. The number of hydrogen-bond donors (Lipinski definition) is 2. The summed E-state index contributed by atoms with van der Waals surface area (Å²) in [5, 5.41) is 4.90. The number of benzene rings is 1. The molecule has 0 saturated heterocycles. The van der Waals surface area contributed by atoms with Crippen LogP contribution in [0.2, 0.25) is 0 Å². The van der Waals surface area contributed by atoms with Crippen molar-refractivity contribution in [1.29, 1.82) is 0 Å². The Kier molecular flexibility index (Phi) is 5.34. The molecular formula is C19H24N2OS. The number of amides is 2. The fourth-order valence-corrected chi connectivity index (χ4v) is 4.29. The fourth-order valence-electron chi connectivity index (χ4n) is 3.57. The summed E-state index contributed by atoms with van der Waals surface area (Å²) in [6.45, 7) is 0. The molecule has 0 spiro atoms. The zero-order chi connectivity index (χ0) is 16.1. The first kappa shape index (κ1) is 16.1. The van der Waals surface area contributed by atoms with E-state index in [1.165, 1.54) is 48.1 Å². The lowest BCUT2D eigenvalue weighted by molar-refractivity contribution is 0.259. The van der Waals surface area contributed by atoms with E-state index in [1.807, 2.05) is 12.1 Å². The second-order valence-corrected chi connectivity index (χ2v) is 7.43. The smallest absolute Gasteiger partial charge is 0.316 e. The fraction of sp³-hybridized carbons (Fsp3) is 0.421. The van der Waals surface area contributed by atoms with E-state index < -0.39 is 6.03 Å². The van der Waals surface area contributed by atoms with E-state index in [0.29, 0.717) is 0 Å². The molecule has 0 aliphatic heterocycles. The van der Waals surface area contributed by atoms with Gasteiger partial charge in [-0.15, -0.1) is 11.3 Å². The van der Waals surface area contributed by atoms with Gasteiger partial charge in [0, 0.05) is 17.0 Å². The lowest BCUT2D eigenvalue weighted by Crippen LogP contribution is -2.21. The zero-order valence-electron chi connectivity index (χ0n) is 13.4. The van der Waals surface area contributed by atoms with Gasteiger partial charge in [0.05, 0.1) is 0 Å². The third-order valence-electron chi connectivity index (χ3n) is 4.70. The first-order valence-electron chi connectivity index (χ1n) is 8.42. The van der Waals surface area contributed by atoms with Gasteiger partial charge < -0.3 is 11.1 Å². The predicted octanol–water partition coefficient (Wildman–Crippen LogP) is 4.95. The lowest BCUT2D eigenvalue weighted by Gasteiger charge is -2.23. The number of carbonyl (C=O) groups is 1. The van der Waals surface area contributed by atoms with Crippen molar-refractivity contribution in [3.8, 4) is 0 Å². The van der Waals surface area contributed by atoms with Crippen molar-refractivity contribution in [3.05, 3.63) is 51.7 Å². The maximum atomic E-state index is 11.3. The molecule has 0 bridgehead atoms. The maximum absolute atomic E-state index is 11.3. The standard InChI is InChI=1S/C19H24N2OS/c20-19(22)21-18-10-4-8-15(12-14-6-2-1-3-7-14)17(18)13-16-9-5-11-23-16/h4-5,8-11,14H,1-3,6-7,12-13H2,(H3,20,21,22). The minimum Gasteiger partial charge on any atom is -0.351 e. The molecule has 122 valence electrons. The van der Waals surface area contributed by atoms with Gasteiger partial charge in [-0.25, -0.2) is 4.79 Å². The minimum atomic E-state index is -0.493. The average molecular weight is 328 g/mol. The summed E-state index contributed by atoms with van der Waals surface area (Å²) in [6.07, 6.45) is 8.69. The Labute approximate surface area is 141 Å². The lowest BCUT2D eigenvalue weighted by atomic mass is 9.83. The first-order valence-corrected chi connectivity index (χ1v) is 9.30. The summed E-state index contributed by atoms with van der Waals surface area (Å²) >= 11 is 1.76. The van der Waals surface area contributed by atoms with Gasteiger partial charge in [-0.1, -0.05) is 50.3 Å². The Morgan fingerprint density at radius 3 is 2.70 bits per heavy atom. The highest BCUT2D eigenvalue weighted by atomic mass is 32.1. The molecule has 2 aromatic rings. The molecule has 3 rings (SSSR count). The Hall–Kier alpha value is -1.81. The number of thiophene rings is 1. The number of primary amides is 1. The number of rotatable bonds is 5. The van der Waals surface area contributed by atoms with E-state index in [-0.39, 0.29) is 0 Å². The molecule has 1 saturated carbocycles. The van der Waals surface area contributed by atoms with Crippen LogP contribution in [0.1, 0.15) is 48.1 Å². The summed E-state index contributed by atoms with van der Waals surface area (Å²) in [7, 11) is 0. The van der Waals surface area contributed by atoms with E-state index in [9.17, 15) is 4.79 Å². The molecule has 0 unspecified atom stereocenters. The molecular weight excluding hydrogens is 304 g/mol. The van der Waals surface area contributed by atoms with Crippen molar-refractivity contribution in [2.24, 2.45) is 11.7 Å². The second kappa shape index (κ2) is 7.64. The van der Waals surface area contributed by atoms with Crippen LogP contribution in [-0.4, -0.2) is 6.03 Å². The molecule has 3 nitrogen and oxygen atoms in total. The molecule has 23 heavy (non-hydrogen) atoms. The number of nitrogens with one attached hydrogen (secondary N) is 1. The molecule has 1 heterocycles. The normalized spacial score (nSPS) is 15.5. The van der Waals surface area contributed by atoms with Crippen molar-refractivity contribution in [1.82, 2.24) is 0 Å². The van der Waals surface area contributed by atoms with Gasteiger partial charge in [0.15, 0.2) is 0 Å². The number of carbonyl (C=O) groups excluding carboxylic acids is 1. The summed E-state index contributed by atoms with van der Waals surface area (Å²) < 4.78 is 0. The van der Waals surface area contributed by atoms with Crippen LogP contribution in [0.15, 0.2) is 35.7 Å². The maximum Gasteiger partial charge on any atom is 0.316 e. The average Bonchev–Trinajstić information content (AvgIpc) is 3.04. The molecule has 1 aliphatic rings. The molecule has 2 amide bonds. The Bertz CT molecular complexity index is 645. The van der Waals surface area contributed by atoms with E-state index in [2.05, 4.69) is 28.9 Å². The quantitative estimate of drug-likeness (QED) is 0.801. The molecule has 4 heteroatoms. The van der Waals surface area contributed by atoms with E-state index in [0.717, 1.165) is 24.4 Å². The van der Waals surface area contributed by atoms with Gasteiger partial charge >= 0.3 is 6.03 Å². The van der Waals surface area contributed by atoms with Crippen molar-refractivity contribution < 1.29 is 4.79 Å². The monoisotopic (exact) mass is 328 g/mol. The summed E-state index contributed by atoms with van der Waals surface area (Å²) in [4.78, 5) is 12.7. The Balaban J connectivity index is 1.87. The molecule has 1 aromatic carbocycles. The van der Waals surface area contributed by atoms with E-state index in [4.69, 9.17) is 5.73 Å². The molecule has 1 fully saturated rings. The minimum absolute atomic E-state index is 0.493. The first-order chi connectivity index (χ1) is 11.2. The number of urea groups is 1. The van der Waals surface area contributed by atoms with Crippen molar-refractivity contribution >= 4 is 23.1 Å². The Morgan fingerprint density at radius 1 is 1.17 bits per heavy atom. The van der Waals surface area contributed by atoms with Crippen LogP contribution in [0.3, 0.4) is 0 Å². The topological polar surface area (TPSA) is 55.1 Å². The summed E-state index contributed by atoms with van der Waals surface area (Å²) in [6, 6.07) is 9.93. The van der Waals surface area contributed by atoms with E-state index in [1.54, 1.807) is 11.3 Å². The third-order valence-corrected chi connectivity index (χ3v) is 5.57.